The Labute approximate surface area is 173 Å². The number of nitrogens with zero attached hydrogens (tertiary/aromatic N) is 6. The van der Waals surface area contributed by atoms with Crippen molar-refractivity contribution in [3.8, 4) is 17.3 Å². The van der Waals surface area contributed by atoms with Gasteiger partial charge in [0.05, 0.1) is 23.7 Å². The van der Waals surface area contributed by atoms with Crippen LogP contribution in [0.15, 0.2) is 24.8 Å². The van der Waals surface area contributed by atoms with Crippen molar-refractivity contribution >= 4 is 27.1 Å². The Morgan fingerprint density at radius 3 is 2.77 bits per heavy atom. The molecule has 0 unspecified atom stereocenters. The van der Waals surface area contributed by atoms with Gasteiger partial charge in [-0.2, -0.15) is 41.0 Å². The van der Waals surface area contributed by atoms with E-state index in [0.29, 0.717) is 22.3 Å². The summed E-state index contributed by atoms with van der Waals surface area (Å²) in [4.78, 5) is 11.3. The first-order chi connectivity index (χ1) is 14.5. The average Bonchev–Trinajstić information content (AvgIpc) is 3.28. The molecule has 1 aliphatic heterocycles. The van der Waals surface area contributed by atoms with Crippen LogP contribution in [0.2, 0.25) is 0 Å². The molecule has 11 nitrogen and oxygen atoms in total. The summed E-state index contributed by atoms with van der Waals surface area (Å²) >= 11 is 0. The van der Waals surface area contributed by atoms with Crippen LogP contribution < -0.4 is 10.5 Å². The van der Waals surface area contributed by atoms with Crippen LogP contribution in [0.5, 0.6) is 0 Å². The minimum atomic E-state index is -4.69. The normalized spacial score (nSPS) is 16.8. The number of rotatable bonds is 6. The number of hydrogen-bond acceptors (Lipinski definition) is 7. The van der Waals surface area contributed by atoms with Crippen LogP contribution in [0.1, 0.15) is 6.42 Å². The smallest absolute Gasteiger partial charge is 0.382 e. The zero-order valence-corrected chi connectivity index (χ0v) is 16.6. The largest absolute Gasteiger partial charge is 0.402 e. The van der Waals surface area contributed by atoms with Crippen molar-refractivity contribution in [1.29, 1.82) is 5.26 Å². The second-order valence-corrected chi connectivity index (χ2v) is 8.86. The average molecular weight is 455 g/mol. The fourth-order valence-electron chi connectivity index (χ4n) is 3.43. The summed E-state index contributed by atoms with van der Waals surface area (Å²) in [5, 5.41) is 14.2. The molecule has 1 aliphatic rings. The molecule has 0 bridgehead atoms. The van der Waals surface area contributed by atoms with Crippen LogP contribution >= 0.6 is 0 Å². The Hall–Kier alpha value is -3.22. The van der Waals surface area contributed by atoms with Crippen molar-refractivity contribution in [2.75, 3.05) is 25.4 Å². The van der Waals surface area contributed by atoms with Crippen molar-refractivity contribution in [3.63, 3.8) is 0 Å². The number of aromatic nitrogens is 5. The van der Waals surface area contributed by atoms with E-state index in [1.165, 1.54) is 15.7 Å². The van der Waals surface area contributed by atoms with Crippen molar-refractivity contribution < 1.29 is 21.6 Å². The Bertz CT molecular complexity index is 1270. The second-order valence-electron chi connectivity index (χ2n) is 7.10. The lowest BCUT2D eigenvalue weighted by molar-refractivity contribution is -0.121. The van der Waals surface area contributed by atoms with Gasteiger partial charge in [0.15, 0.2) is 5.82 Å². The van der Waals surface area contributed by atoms with Crippen LogP contribution in [0.4, 0.5) is 19.0 Å². The Kier molecular flexibility index (Phi) is 4.87. The third kappa shape index (κ3) is 3.80. The molecule has 31 heavy (non-hydrogen) atoms. The van der Waals surface area contributed by atoms with Gasteiger partial charge in [0, 0.05) is 30.9 Å². The number of H-pyrrole nitrogens is 1. The van der Waals surface area contributed by atoms with Crippen LogP contribution in [-0.4, -0.2) is 63.3 Å². The quantitative estimate of drug-likeness (QED) is 0.494. The SMILES string of the molecule is N#CCC1(n2cc(-c3ncnc4[nH]ccc34)c(N)n2)CN(S(=O)(=O)NCC(F)(F)F)C1. The number of fused-ring (bicyclic) bond motifs is 1. The summed E-state index contributed by atoms with van der Waals surface area (Å²) in [6.07, 6.45) is -0.228. The fraction of sp³-hybridized carbons (Fsp3) is 0.375. The van der Waals surface area contributed by atoms with E-state index in [1.807, 2.05) is 6.07 Å². The van der Waals surface area contributed by atoms with Gasteiger partial charge < -0.3 is 10.7 Å². The molecule has 3 aromatic heterocycles. The molecule has 0 aromatic carbocycles. The topological polar surface area (TPSA) is 159 Å². The maximum atomic E-state index is 12.4. The number of nitrogens with two attached hydrogens (primary N) is 1. The van der Waals surface area contributed by atoms with Crippen molar-refractivity contribution in [3.05, 3.63) is 24.8 Å². The molecule has 1 saturated heterocycles. The molecular formula is C16H16F3N9O2S. The first-order valence-electron chi connectivity index (χ1n) is 8.87. The molecule has 1 fully saturated rings. The lowest BCUT2D eigenvalue weighted by Gasteiger charge is -2.47. The Balaban J connectivity index is 1.62. The highest BCUT2D eigenvalue weighted by molar-refractivity contribution is 7.87. The zero-order chi connectivity index (χ0) is 22.4. The van der Waals surface area contributed by atoms with Crippen molar-refractivity contribution in [2.24, 2.45) is 0 Å². The summed E-state index contributed by atoms with van der Waals surface area (Å²) in [7, 11) is -4.37. The molecular weight excluding hydrogens is 439 g/mol. The molecule has 0 atom stereocenters. The molecule has 4 rings (SSSR count). The van der Waals surface area contributed by atoms with Crippen molar-refractivity contribution in [1.82, 2.24) is 33.8 Å². The number of alkyl halides is 3. The van der Waals surface area contributed by atoms with E-state index >= 15 is 0 Å². The van der Waals surface area contributed by atoms with Gasteiger partial charge >= 0.3 is 6.18 Å². The minimum Gasteiger partial charge on any atom is -0.382 e. The predicted octanol–water partition coefficient (Wildman–Crippen LogP) is 0.725. The predicted molar refractivity (Wildman–Crippen MR) is 102 cm³/mol. The standard InChI is InChI=1S/C16H16F3N9O2S/c17-16(18,19)6-25-31(29,30)27-7-15(8-27,2-3-20)28-5-11(13(21)26-28)12-10-1-4-22-14(10)24-9-23-12/h1,4-5,9,25H,2,6-8H2,(H2,21,26)(H,22,23,24). The molecule has 4 heterocycles. The summed E-state index contributed by atoms with van der Waals surface area (Å²) in [6.45, 7) is -2.16. The van der Waals surface area contributed by atoms with E-state index in [-0.39, 0.29) is 25.3 Å². The van der Waals surface area contributed by atoms with Crippen LogP contribution in [0.25, 0.3) is 22.3 Å². The van der Waals surface area contributed by atoms with Gasteiger partial charge in [0.1, 0.15) is 24.1 Å². The lowest BCUT2D eigenvalue weighted by atomic mass is 9.89. The molecule has 0 aliphatic carbocycles. The molecule has 0 spiro atoms. The third-order valence-electron chi connectivity index (χ3n) is 4.98. The maximum Gasteiger partial charge on any atom is 0.402 e. The fourth-order valence-corrected chi connectivity index (χ4v) is 4.78. The van der Waals surface area contributed by atoms with E-state index in [4.69, 9.17) is 5.73 Å². The first-order valence-corrected chi connectivity index (χ1v) is 10.3. The van der Waals surface area contributed by atoms with E-state index in [2.05, 4.69) is 20.1 Å². The number of hydrogen-bond donors (Lipinski definition) is 3. The monoisotopic (exact) mass is 455 g/mol. The number of nitrogens with one attached hydrogen (secondary N) is 2. The summed E-state index contributed by atoms with van der Waals surface area (Å²) in [5.74, 6) is 0.106. The highest BCUT2D eigenvalue weighted by Crippen LogP contribution is 2.37. The summed E-state index contributed by atoms with van der Waals surface area (Å²) in [5.41, 5.74) is 6.54. The van der Waals surface area contributed by atoms with Gasteiger partial charge in [-0.1, -0.05) is 0 Å². The molecule has 164 valence electrons. The number of aromatic amines is 1. The first kappa shape index (κ1) is 21.0. The third-order valence-corrected chi connectivity index (χ3v) is 6.43. The Morgan fingerprint density at radius 2 is 2.10 bits per heavy atom. The van der Waals surface area contributed by atoms with Gasteiger partial charge in [0.2, 0.25) is 0 Å². The van der Waals surface area contributed by atoms with Gasteiger partial charge in [-0.3, -0.25) is 4.68 Å². The lowest BCUT2D eigenvalue weighted by Crippen LogP contribution is -2.66. The van der Waals surface area contributed by atoms with Gasteiger partial charge in [-0.15, -0.1) is 0 Å². The van der Waals surface area contributed by atoms with E-state index in [0.717, 1.165) is 4.31 Å². The maximum absolute atomic E-state index is 12.4. The van der Waals surface area contributed by atoms with Gasteiger partial charge in [-0.25, -0.2) is 9.97 Å². The van der Waals surface area contributed by atoms with Gasteiger partial charge in [-0.05, 0) is 6.07 Å². The van der Waals surface area contributed by atoms with Crippen LogP contribution in [0.3, 0.4) is 0 Å². The minimum absolute atomic E-state index is 0.106. The van der Waals surface area contributed by atoms with E-state index in [1.54, 1.807) is 18.5 Å². The summed E-state index contributed by atoms with van der Waals surface area (Å²) < 4.78 is 65.1. The molecule has 0 amide bonds. The molecule has 0 radical (unpaired) electrons. The summed E-state index contributed by atoms with van der Waals surface area (Å²) in [6, 6.07) is 3.74. The number of nitriles is 1. The number of anilines is 1. The van der Waals surface area contributed by atoms with E-state index < -0.39 is 28.5 Å². The molecule has 4 N–H and O–H groups in total. The molecule has 15 heteroatoms. The highest BCUT2D eigenvalue weighted by atomic mass is 32.2. The van der Waals surface area contributed by atoms with Crippen LogP contribution in [0, 0.1) is 11.3 Å². The highest BCUT2D eigenvalue weighted by Gasteiger charge is 2.51. The second kappa shape index (κ2) is 7.18. The van der Waals surface area contributed by atoms with E-state index in [9.17, 15) is 26.9 Å². The number of nitrogen functional groups attached to an aromatic ring is 1. The van der Waals surface area contributed by atoms with Gasteiger partial charge in [0.25, 0.3) is 10.2 Å². The Morgan fingerprint density at radius 1 is 1.35 bits per heavy atom. The molecule has 0 saturated carbocycles. The van der Waals surface area contributed by atoms with Crippen molar-refractivity contribution in [2.45, 2.75) is 18.1 Å². The zero-order valence-electron chi connectivity index (χ0n) is 15.8. The number of halogens is 3. The molecule has 3 aromatic rings. The van der Waals surface area contributed by atoms with Crippen LogP contribution in [-0.2, 0) is 15.7 Å².